The van der Waals surface area contributed by atoms with Crippen LogP contribution in [0.3, 0.4) is 0 Å². The minimum absolute atomic E-state index is 0.863. The summed E-state index contributed by atoms with van der Waals surface area (Å²) in [5.41, 5.74) is 0. The maximum absolute atomic E-state index is 2.73. The van der Waals surface area contributed by atoms with Gasteiger partial charge >= 0.3 is 0 Å². The largest absolute Gasteiger partial charge is 0.0691 e. The van der Waals surface area contributed by atoms with Crippen molar-refractivity contribution in [2.24, 2.45) is 0 Å². The minimum atomic E-state index is -1.13. The standard InChI is InChI=1S/C17H38Si4/c1-18(2,3)14-13-15(19(4,5)6)16(14,20(7,8)9)17(14,15)21(10,11)12/h13H2,1-12H3. The molecular formula is C17H38Si4. The lowest BCUT2D eigenvalue weighted by molar-refractivity contribution is 0.291. The summed E-state index contributed by atoms with van der Waals surface area (Å²) < 4.78 is 0. The molecule has 0 heterocycles. The lowest BCUT2D eigenvalue weighted by Crippen LogP contribution is -2.64. The second-order valence-electron chi connectivity index (χ2n) is 12.5. The Hall–Kier alpha value is 0.868. The van der Waals surface area contributed by atoms with E-state index in [-0.39, 0.29) is 0 Å². The van der Waals surface area contributed by atoms with Gasteiger partial charge in [-0.2, -0.15) is 0 Å². The van der Waals surface area contributed by atoms with E-state index in [0.29, 0.717) is 0 Å². The summed E-state index contributed by atoms with van der Waals surface area (Å²) in [7, 11) is -4.45. The van der Waals surface area contributed by atoms with Crippen molar-refractivity contribution < 1.29 is 0 Å². The van der Waals surface area contributed by atoms with Crippen LogP contribution in [0.1, 0.15) is 6.42 Å². The Morgan fingerprint density at radius 1 is 0.429 bits per heavy atom. The van der Waals surface area contributed by atoms with Gasteiger partial charge in [0.2, 0.25) is 0 Å². The first-order chi connectivity index (χ1) is 8.96. The molecule has 2 bridgehead atoms. The molecule has 0 N–H and O–H groups in total. The molecule has 0 unspecified atom stereocenters. The van der Waals surface area contributed by atoms with E-state index in [9.17, 15) is 0 Å². The van der Waals surface area contributed by atoms with Gasteiger partial charge in [-0.15, -0.1) is 0 Å². The molecule has 4 fully saturated rings. The third-order valence-electron chi connectivity index (χ3n) is 8.34. The highest BCUT2D eigenvalue weighted by molar-refractivity contribution is 7.07. The highest BCUT2D eigenvalue weighted by Crippen LogP contribution is 3.39. The molecule has 0 radical (unpaired) electrons. The van der Waals surface area contributed by atoms with Gasteiger partial charge in [0, 0.05) is 0 Å². The first-order valence-corrected chi connectivity index (χ1v) is 23.0. The molecule has 0 aromatic carbocycles. The minimum Gasteiger partial charge on any atom is -0.0691 e. The van der Waals surface area contributed by atoms with Gasteiger partial charge in [-0.25, -0.2) is 0 Å². The maximum Gasteiger partial charge on any atom is 0.0516 e. The van der Waals surface area contributed by atoms with Crippen molar-refractivity contribution in [3.8, 4) is 0 Å². The first kappa shape index (κ1) is 16.7. The van der Waals surface area contributed by atoms with E-state index in [1.54, 1.807) is 6.42 Å². The van der Waals surface area contributed by atoms with Crippen LogP contribution in [0.5, 0.6) is 0 Å². The Labute approximate surface area is 137 Å². The van der Waals surface area contributed by atoms with Crippen LogP contribution in [-0.4, -0.2) is 32.3 Å². The van der Waals surface area contributed by atoms with Crippen LogP contribution >= 0.6 is 0 Å². The van der Waals surface area contributed by atoms with Crippen molar-refractivity contribution in [3.05, 3.63) is 0 Å². The van der Waals surface area contributed by atoms with Gasteiger partial charge < -0.3 is 0 Å². The molecule has 0 atom stereocenters. The average Bonchev–Trinajstić information content (AvgIpc) is 2.70. The Balaban J connectivity index is 2.27. The van der Waals surface area contributed by atoms with Crippen LogP contribution in [0, 0.1) is 0 Å². The van der Waals surface area contributed by atoms with Gasteiger partial charge in [0.05, 0.1) is 32.3 Å². The van der Waals surface area contributed by atoms with Gasteiger partial charge in [-0.05, 0) is 26.6 Å². The summed E-state index contributed by atoms with van der Waals surface area (Å²) in [6.07, 6.45) is 1.65. The molecular weight excluding hydrogens is 317 g/mol. The summed E-state index contributed by atoms with van der Waals surface area (Å²) in [4.78, 5) is 0. The normalized spacial score (nSPS) is 48.6. The molecule has 4 rings (SSSR count). The Morgan fingerprint density at radius 3 is 0.810 bits per heavy atom. The lowest BCUT2D eigenvalue weighted by atomic mass is 9.79. The average molecular weight is 355 g/mol. The Morgan fingerprint density at radius 2 is 0.667 bits per heavy atom. The first-order valence-electron chi connectivity index (χ1n) is 8.96. The molecule has 0 nitrogen and oxygen atoms in total. The van der Waals surface area contributed by atoms with E-state index < -0.39 is 32.3 Å². The molecule has 0 saturated heterocycles. The van der Waals surface area contributed by atoms with E-state index in [0.717, 1.165) is 20.2 Å². The fourth-order valence-electron chi connectivity index (χ4n) is 9.10. The van der Waals surface area contributed by atoms with Gasteiger partial charge in [-0.1, -0.05) is 78.6 Å². The highest BCUT2D eigenvalue weighted by Gasteiger charge is 3.24. The van der Waals surface area contributed by atoms with E-state index in [4.69, 9.17) is 0 Å². The SMILES string of the molecule is C[Si](C)(C)C12CC3([Si](C)(C)C)C1([Si](C)(C)C)C23[Si](C)(C)C. The van der Waals surface area contributed by atoms with Crippen LogP contribution in [-0.2, 0) is 0 Å². The topological polar surface area (TPSA) is 0 Å². The highest BCUT2D eigenvalue weighted by atomic mass is 28.3. The van der Waals surface area contributed by atoms with Crippen molar-refractivity contribution in [1.82, 2.24) is 0 Å². The fourth-order valence-corrected chi connectivity index (χ4v) is 38.2. The zero-order valence-corrected chi connectivity index (χ0v) is 20.7. The van der Waals surface area contributed by atoms with Crippen molar-refractivity contribution >= 4 is 32.3 Å². The van der Waals surface area contributed by atoms with Crippen LogP contribution in [0.2, 0.25) is 98.7 Å². The van der Waals surface area contributed by atoms with E-state index >= 15 is 0 Å². The lowest BCUT2D eigenvalue weighted by Gasteiger charge is -2.70. The van der Waals surface area contributed by atoms with E-state index in [1.807, 2.05) is 0 Å². The fraction of sp³-hybridized carbons (Fsp3) is 1.00. The molecule has 21 heavy (non-hydrogen) atoms. The van der Waals surface area contributed by atoms with Crippen LogP contribution < -0.4 is 0 Å². The second kappa shape index (κ2) is 3.31. The molecule has 4 aliphatic carbocycles. The molecule has 4 saturated carbocycles. The van der Waals surface area contributed by atoms with Gasteiger partial charge in [0.15, 0.2) is 0 Å². The van der Waals surface area contributed by atoms with Crippen molar-refractivity contribution in [2.75, 3.05) is 0 Å². The predicted octanol–water partition coefficient (Wildman–Crippen LogP) is 6.73. The van der Waals surface area contributed by atoms with Gasteiger partial charge in [0.1, 0.15) is 0 Å². The molecule has 0 aromatic heterocycles. The molecule has 122 valence electrons. The van der Waals surface area contributed by atoms with Crippen molar-refractivity contribution in [1.29, 1.82) is 0 Å². The molecule has 4 aliphatic rings. The van der Waals surface area contributed by atoms with Crippen LogP contribution in [0.25, 0.3) is 0 Å². The summed E-state index contributed by atoms with van der Waals surface area (Å²) in [6, 6.07) is 0. The van der Waals surface area contributed by atoms with Crippen molar-refractivity contribution in [3.63, 3.8) is 0 Å². The number of hydrogen-bond acceptors (Lipinski definition) is 0. The molecule has 0 aromatic rings. The summed E-state index contributed by atoms with van der Waals surface area (Å²) in [6.45, 7) is 32.6. The van der Waals surface area contributed by atoms with E-state index in [1.165, 1.54) is 0 Å². The molecule has 0 aliphatic heterocycles. The van der Waals surface area contributed by atoms with Gasteiger partial charge in [-0.3, -0.25) is 0 Å². The molecule has 4 heteroatoms. The second-order valence-corrected chi connectivity index (χ2v) is 33.7. The third kappa shape index (κ3) is 1.06. The summed E-state index contributed by atoms with van der Waals surface area (Å²) >= 11 is 0. The smallest absolute Gasteiger partial charge is 0.0516 e. The van der Waals surface area contributed by atoms with Gasteiger partial charge in [0.25, 0.3) is 0 Å². The monoisotopic (exact) mass is 354 g/mol. The predicted molar refractivity (Wildman–Crippen MR) is 109 cm³/mol. The maximum atomic E-state index is 2.73. The van der Waals surface area contributed by atoms with E-state index in [2.05, 4.69) is 78.6 Å². The molecule has 0 amide bonds. The zero-order chi connectivity index (χ0) is 16.7. The molecule has 0 spiro atoms. The Kier molecular flexibility index (Phi) is 2.64. The summed E-state index contributed by atoms with van der Waals surface area (Å²) in [5, 5.41) is 3.48. The Bertz CT molecular complexity index is 463. The van der Waals surface area contributed by atoms with Crippen LogP contribution in [0.15, 0.2) is 0 Å². The zero-order valence-electron chi connectivity index (χ0n) is 16.7. The quantitative estimate of drug-likeness (QED) is 0.491. The number of hydrogen-bond donors (Lipinski definition) is 0. The summed E-state index contributed by atoms with van der Waals surface area (Å²) in [5.74, 6) is 0. The number of rotatable bonds is 4. The third-order valence-corrected chi connectivity index (χ3v) is 23.5. The van der Waals surface area contributed by atoms with Crippen LogP contribution in [0.4, 0.5) is 0 Å². The van der Waals surface area contributed by atoms with Crippen molar-refractivity contribution in [2.45, 2.75) is 105 Å².